The highest BCUT2D eigenvalue weighted by atomic mass is 32.2. The summed E-state index contributed by atoms with van der Waals surface area (Å²) in [6, 6.07) is 16.6. The number of non-ortho nitro benzene ring substituents is 2. The lowest BCUT2D eigenvalue weighted by atomic mass is 10.2. The molecular weight excluding hydrogens is 566 g/mol. The molecule has 0 aliphatic carbocycles. The van der Waals surface area contributed by atoms with E-state index in [0.29, 0.717) is 5.56 Å². The molecule has 228 valence electrons. The number of phenolic OH excluding ortho intramolecular Hbond substituents is 1. The lowest BCUT2D eigenvalue weighted by Crippen LogP contribution is -2.46. The Balaban J connectivity index is 0.000000428. The van der Waals surface area contributed by atoms with Crippen molar-refractivity contribution in [2.24, 2.45) is 0 Å². The number of quaternary nitrogens is 1. The van der Waals surface area contributed by atoms with Gasteiger partial charge in [-0.15, -0.1) is 0 Å². The van der Waals surface area contributed by atoms with E-state index in [1.807, 2.05) is 0 Å². The fourth-order valence-corrected chi connectivity index (χ4v) is 4.80. The zero-order chi connectivity index (χ0) is 31.3. The molecule has 0 aromatic heterocycles. The second-order valence-electron chi connectivity index (χ2n) is 9.96. The van der Waals surface area contributed by atoms with Crippen molar-refractivity contribution in [1.29, 1.82) is 0 Å². The molecule has 0 spiro atoms. The van der Waals surface area contributed by atoms with Crippen LogP contribution in [0.2, 0.25) is 0 Å². The Kier molecular flexibility index (Phi) is 12.6. The first kappa shape index (κ1) is 33.9. The van der Waals surface area contributed by atoms with E-state index in [1.165, 1.54) is 43.3 Å². The van der Waals surface area contributed by atoms with Gasteiger partial charge in [0, 0.05) is 61.6 Å². The smallest absolute Gasteiger partial charge is 0.269 e. The normalized spacial score (nSPS) is 11.2. The van der Waals surface area contributed by atoms with Crippen LogP contribution < -0.4 is 10.6 Å². The maximum atomic E-state index is 10.7. The van der Waals surface area contributed by atoms with Gasteiger partial charge in [-0.1, -0.05) is 6.07 Å². The summed E-state index contributed by atoms with van der Waals surface area (Å²) >= 11 is 0. The summed E-state index contributed by atoms with van der Waals surface area (Å²) in [6.07, 6.45) is 1.99. The Morgan fingerprint density at radius 2 is 1.24 bits per heavy atom. The van der Waals surface area contributed by atoms with E-state index < -0.39 is 20.0 Å². The average molecular weight is 604 g/mol. The summed E-state index contributed by atoms with van der Waals surface area (Å²) < 4.78 is 32.6. The van der Waals surface area contributed by atoms with Crippen molar-refractivity contribution >= 4 is 32.9 Å². The molecular formula is C28H37N5O8S. The molecule has 3 aromatic carbocycles. The molecule has 0 heterocycles. The van der Waals surface area contributed by atoms with Crippen LogP contribution in [0.15, 0.2) is 71.6 Å². The number of benzene rings is 3. The highest BCUT2D eigenvalue weighted by Gasteiger charge is 2.18. The standard InChI is InChI=1S/C21H30N5O4.C7H8O4S/c1-3-26(2,16-4-14-22-18-6-10-20(11-7-18)24(27)28)17-5-15-23-19-8-12-21(13-9-19)25(29)30;1-5-2-3-6(8)4-7(5)12(9,10)11/h6-13,22-23H,3-5,14-17H2,1-2H3;2-4,8H,1H3,(H,9,10,11)/q+1;/p-1. The van der Waals surface area contributed by atoms with E-state index in [1.54, 1.807) is 24.3 Å². The van der Waals surface area contributed by atoms with Gasteiger partial charge in [-0.05, 0) is 55.8 Å². The summed E-state index contributed by atoms with van der Waals surface area (Å²) in [5.41, 5.74) is 2.30. The van der Waals surface area contributed by atoms with E-state index in [4.69, 9.17) is 5.11 Å². The van der Waals surface area contributed by atoms with Gasteiger partial charge in [0.2, 0.25) is 0 Å². The molecule has 0 atom stereocenters. The minimum absolute atomic E-state index is 0.0955. The molecule has 0 aliphatic heterocycles. The van der Waals surface area contributed by atoms with E-state index >= 15 is 0 Å². The summed E-state index contributed by atoms with van der Waals surface area (Å²) in [6.45, 7) is 8.41. The molecule has 14 heteroatoms. The first-order chi connectivity index (χ1) is 19.7. The first-order valence-corrected chi connectivity index (χ1v) is 14.7. The van der Waals surface area contributed by atoms with Crippen molar-refractivity contribution < 1.29 is 32.4 Å². The molecule has 0 unspecified atom stereocenters. The molecule has 0 bridgehead atoms. The minimum atomic E-state index is -4.47. The monoisotopic (exact) mass is 603 g/mol. The topological polar surface area (TPSA) is 188 Å². The molecule has 0 saturated heterocycles. The Morgan fingerprint density at radius 3 is 1.57 bits per heavy atom. The van der Waals surface area contributed by atoms with Crippen LogP contribution >= 0.6 is 0 Å². The van der Waals surface area contributed by atoms with Crippen molar-refractivity contribution in [2.45, 2.75) is 31.6 Å². The van der Waals surface area contributed by atoms with E-state index in [0.717, 1.165) is 67.5 Å². The van der Waals surface area contributed by atoms with Crippen LogP contribution in [-0.4, -0.2) is 72.2 Å². The van der Waals surface area contributed by atoms with Gasteiger partial charge in [0.15, 0.2) is 0 Å². The van der Waals surface area contributed by atoms with Crippen LogP contribution in [0.3, 0.4) is 0 Å². The number of phenols is 1. The van der Waals surface area contributed by atoms with Gasteiger partial charge >= 0.3 is 0 Å². The van der Waals surface area contributed by atoms with Crippen LogP contribution in [0.4, 0.5) is 22.7 Å². The SMILES string of the molecule is CC[N+](C)(CCCNc1ccc([N+](=O)[O-])cc1)CCCNc1ccc([N+](=O)[O-])cc1.Cc1ccc(O)cc1S(=O)(=O)[O-]. The van der Waals surface area contributed by atoms with Crippen molar-refractivity contribution in [3.05, 3.63) is 92.5 Å². The molecule has 0 radical (unpaired) electrons. The second-order valence-corrected chi connectivity index (χ2v) is 11.3. The van der Waals surface area contributed by atoms with Gasteiger partial charge < -0.3 is 24.8 Å². The van der Waals surface area contributed by atoms with Gasteiger partial charge in [0.05, 0.1) is 41.4 Å². The molecule has 0 aliphatic rings. The Morgan fingerprint density at radius 1 is 0.810 bits per heavy atom. The summed E-state index contributed by atoms with van der Waals surface area (Å²) in [4.78, 5) is 20.2. The van der Waals surface area contributed by atoms with Crippen LogP contribution in [0, 0.1) is 27.2 Å². The van der Waals surface area contributed by atoms with E-state index in [-0.39, 0.29) is 22.0 Å². The number of nitro groups is 2. The molecule has 3 N–H and O–H groups in total. The largest absolute Gasteiger partial charge is 0.744 e. The molecule has 3 rings (SSSR count). The maximum Gasteiger partial charge on any atom is 0.269 e. The predicted octanol–water partition coefficient (Wildman–Crippen LogP) is 4.88. The van der Waals surface area contributed by atoms with Crippen LogP contribution in [0.5, 0.6) is 5.75 Å². The minimum Gasteiger partial charge on any atom is -0.744 e. The Labute approximate surface area is 245 Å². The molecule has 0 amide bonds. The van der Waals surface area contributed by atoms with Crippen molar-refractivity contribution in [1.82, 2.24) is 0 Å². The van der Waals surface area contributed by atoms with Gasteiger partial charge in [0.25, 0.3) is 11.4 Å². The van der Waals surface area contributed by atoms with Gasteiger partial charge in [0.1, 0.15) is 15.9 Å². The van der Waals surface area contributed by atoms with Crippen molar-refractivity contribution in [3.63, 3.8) is 0 Å². The number of aryl methyl sites for hydroxylation is 1. The summed E-state index contributed by atoms with van der Waals surface area (Å²) in [7, 11) is -2.22. The van der Waals surface area contributed by atoms with Gasteiger partial charge in [-0.3, -0.25) is 20.2 Å². The average Bonchev–Trinajstić information content (AvgIpc) is 2.95. The maximum absolute atomic E-state index is 10.7. The van der Waals surface area contributed by atoms with Crippen molar-refractivity contribution in [3.8, 4) is 5.75 Å². The first-order valence-electron chi connectivity index (χ1n) is 13.3. The molecule has 0 fully saturated rings. The number of rotatable bonds is 14. The van der Waals surface area contributed by atoms with Gasteiger partial charge in [-0.2, -0.15) is 0 Å². The quantitative estimate of drug-likeness (QED) is 0.0753. The van der Waals surface area contributed by atoms with Crippen LogP contribution in [0.25, 0.3) is 0 Å². The molecule has 42 heavy (non-hydrogen) atoms. The van der Waals surface area contributed by atoms with E-state index in [9.17, 15) is 33.2 Å². The number of nitro benzene ring substituents is 2. The lowest BCUT2D eigenvalue weighted by molar-refractivity contribution is -0.907. The third-order valence-electron chi connectivity index (χ3n) is 6.77. The van der Waals surface area contributed by atoms with E-state index in [2.05, 4.69) is 24.6 Å². The number of nitrogens with zero attached hydrogens (tertiary/aromatic N) is 3. The van der Waals surface area contributed by atoms with Crippen LogP contribution in [-0.2, 0) is 10.1 Å². The third kappa shape index (κ3) is 11.3. The summed E-state index contributed by atoms with van der Waals surface area (Å²) in [5, 5.41) is 36.9. The molecule has 0 saturated carbocycles. The Hall–Kier alpha value is -4.27. The second kappa shape index (κ2) is 15.7. The fraction of sp³-hybridized carbons (Fsp3) is 0.357. The number of nitrogens with one attached hydrogen (secondary N) is 2. The highest BCUT2D eigenvalue weighted by Crippen LogP contribution is 2.20. The van der Waals surface area contributed by atoms with Gasteiger partial charge in [-0.25, -0.2) is 8.42 Å². The summed E-state index contributed by atoms with van der Waals surface area (Å²) in [5.74, 6) is -0.227. The zero-order valence-electron chi connectivity index (χ0n) is 23.9. The Bertz CT molecular complexity index is 1370. The molecule has 13 nitrogen and oxygen atoms in total. The van der Waals surface area contributed by atoms with Crippen LogP contribution in [0.1, 0.15) is 25.3 Å². The highest BCUT2D eigenvalue weighted by molar-refractivity contribution is 7.85. The van der Waals surface area contributed by atoms with Crippen molar-refractivity contribution in [2.75, 3.05) is 50.4 Å². The number of aromatic hydroxyl groups is 1. The predicted molar refractivity (Wildman–Crippen MR) is 160 cm³/mol. The third-order valence-corrected chi connectivity index (χ3v) is 7.75. The fourth-order valence-electron chi connectivity index (χ4n) is 4.08. The number of hydrogen-bond acceptors (Lipinski definition) is 10. The lowest BCUT2D eigenvalue weighted by Gasteiger charge is -2.33. The zero-order valence-corrected chi connectivity index (χ0v) is 24.7. The number of hydrogen-bond donors (Lipinski definition) is 3. The molecule has 3 aromatic rings. The number of anilines is 2.